The number of rotatable bonds is 8. The summed E-state index contributed by atoms with van der Waals surface area (Å²) in [4.78, 5) is 27.2. The zero-order valence-corrected chi connectivity index (χ0v) is 18.0. The second-order valence-electron chi connectivity index (χ2n) is 7.56. The normalized spacial score (nSPS) is 14.9. The average molecular weight is 432 g/mol. The Balaban J connectivity index is 1.53. The Morgan fingerprint density at radius 3 is 2.17 bits per heavy atom. The number of nitrogens with zero attached hydrogens (tertiary/aromatic N) is 1. The van der Waals surface area contributed by atoms with Crippen LogP contribution in [0.5, 0.6) is 5.75 Å². The Labute approximate surface area is 181 Å². The fraction of sp³-hybridized carbons (Fsp3) is 0.391. The molecule has 0 N–H and O–H groups in total. The van der Waals surface area contributed by atoms with Crippen LogP contribution in [0, 0.1) is 0 Å². The highest BCUT2D eigenvalue weighted by molar-refractivity contribution is 6.30. The van der Waals surface area contributed by atoms with Gasteiger partial charge in [0.2, 0.25) is 0 Å². The number of benzene rings is 2. The largest absolute Gasteiger partial charge is 0.476 e. The van der Waals surface area contributed by atoms with Crippen molar-refractivity contribution >= 4 is 23.4 Å². The Hall–Kier alpha value is -2.41. The number of carbonyl (C=O) groups is 2. The van der Waals surface area contributed by atoms with E-state index in [-0.39, 0.29) is 5.78 Å². The number of ketones is 1. The molecule has 0 bridgehead atoms. The third-order valence-electron chi connectivity index (χ3n) is 4.83. The van der Waals surface area contributed by atoms with Crippen LogP contribution in [0.3, 0.4) is 0 Å². The summed E-state index contributed by atoms with van der Waals surface area (Å²) in [6.07, 6.45) is 0. The number of ether oxygens (including phenoxy) is 3. The third-order valence-corrected chi connectivity index (χ3v) is 5.08. The van der Waals surface area contributed by atoms with E-state index in [2.05, 4.69) is 4.90 Å². The van der Waals surface area contributed by atoms with Crippen LogP contribution >= 0.6 is 11.6 Å². The van der Waals surface area contributed by atoms with Crippen molar-refractivity contribution in [1.29, 1.82) is 0 Å². The van der Waals surface area contributed by atoms with Gasteiger partial charge in [0, 0.05) is 35.8 Å². The minimum absolute atomic E-state index is 0.111. The van der Waals surface area contributed by atoms with E-state index in [1.165, 1.54) is 0 Å². The fourth-order valence-electron chi connectivity index (χ4n) is 3.04. The van der Waals surface area contributed by atoms with Crippen molar-refractivity contribution in [2.75, 3.05) is 39.5 Å². The number of hydrogen-bond donors (Lipinski definition) is 0. The van der Waals surface area contributed by atoms with Crippen LogP contribution in [-0.2, 0) is 14.3 Å². The van der Waals surface area contributed by atoms with Gasteiger partial charge in [-0.15, -0.1) is 0 Å². The highest BCUT2D eigenvalue weighted by atomic mass is 35.5. The quantitative estimate of drug-likeness (QED) is 0.470. The van der Waals surface area contributed by atoms with E-state index in [1.807, 2.05) is 0 Å². The minimum atomic E-state index is -1.15. The average Bonchev–Trinajstić information content (AvgIpc) is 2.75. The summed E-state index contributed by atoms with van der Waals surface area (Å²) in [6.45, 7) is 7.41. The van der Waals surface area contributed by atoms with E-state index in [0.717, 1.165) is 13.1 Å². The van der Waals surface area contributed by atoms with Crippen LogP contribution in [0.15, 0.2) is 48.5 Å². The molecule has 0 unspecified atom stereocenters. The van der Waals surface area contributed by atoms with E-state index in [1.54, 1.807) is 62.4 Å². The van der Waals surface area contributed by atoms with Gasteiger partial charge in [-0.05, 0) is 62.4 Å². The van der Waals surface area contributed by atoms with Gasteiger partial charge in [-0.3, -0.25) is 9.69 Å². The first-order valence-electron chi connectivity index (χ1n) is 9.92. The zero-order valence-electron chi connectivity index (χ0n) is 17.2. The molecule has 0 aromatic heterocycles. The van der Waals surface area contributed by atoms with Crippen LogP contribution < -0.4 is 4.74 Å². The first-order valence-corrected chi connectivity index (χ1v) is 10.3. The van der Waals surface area contributed by atoms with E-state index in [4.69, 9.17) is 25.8 Å². The van der Waals surface area contributed by atoms with Crippen molar-refractivity contribution in [3.63, 3.8) is 0 Å². The lowest BCUT2D eigenvalue weighted by Crippen LogP contribution is -2.42. The van der Waals surface area contributed by atoms with E-state index < -0.39 is 11.6 Å². The molecule has 3 rings (SSSR count). The molecule has 0 atom stereocenters. The first-order chi connectivity index (χ1) is 14.3. The topological polar surface area (TPSA) is 65.1 Å². The SMILES string of the molecule is CC(C)(Oc1ccc(C(=O)c2ccc(Cl)cc2)cc1)C(=O)OCCN1CCOCC1. The molecule has 1 saturated heterocycles. The number of carbonyl (C=O) groups excluding carboxylic acids is 2. The summed E-state index contributed by atoms with van der Waals surface area (Å²) in [7, 11) is 0. The maximum Gasteiger partial charge on any atom is 0.349 e. The number of halogens is 1. The van der Waals surface area contributed by atoms with Crippen LogP contribution in [-0.4, -0.2) is 61.7 Å². The van der Waals surface area contributed by atoms with Crippen LogP contribution in [0.25, 0.3) is 0 Å². The Morgan fingerprint density at radius 2 is 1.57 bits per heavy atom. The molecule has 7 heteroatoms. The van der Waals surface area contributed by atoms with Crippen molar-refractivity contribution in [2.24, 2.45) is 0 Å². The molecule has 1 fully saturated rings. The highest BCUT2D eigenvalue weighted by Gasteiger charge is 2.32. The maximum atomic E-state index is 12.5. The molecule has 0 spiro atoms. The van der Waals surface area contributed by atoms with Crippen molar-refractivity contribution in [3.8, 4) is 5.75 Å². The molecule has 1 heterocycles. The second-order valence-corrected chi connectivity index (χ2v) is 8.00. The molecule has 1 aliphatic heterocycles. The number of esters is 1. The predicted octanol–water partition coefficient (Wildman–Crippen LogP) is 3.60. The van der Waals surface area contributed by atoms with Gasteiger partial charge >= 0.3 is 5.97 Å². The third kappa shape index (κ3) is 6.05. The summed E-state index contributed by atoms with van der Waals surface area (Å²) < 4.78 is 16.5. The van der Waals surface area contributed by atoms with E-state index in [0.29, 0.717) is 48.3 Å². The number of morpholine rings is 1. The molecule has 0 saturated carbocycles. The molecule has 1 aliphatic rings. The smallest absolute Gasteiger partial charge is 0.349 e. The zero-order chi connectivity index (χ0) is 21.6. The fourth-order valence-corrected chi connectivity index (χ4v) is 3.17. The Morgan fingerprint density at radius 1 is 1.00 bits per heavy atom. The van der Waals surface area contributed by atoms with Gasteiger partial charge in [-0.2, -0.15) is 0 Å². The van der Waals surface area contributed by atoms with Crippen molar-refractivity contribution in [3.05, 3.63) is 64.7 Å². The summed E-state index contributed by atoms with van der Waals surface area (Å²) in [5.74, 6) is -0.0603. The standard InChI is InChI=1S/C23H26ClNO5/c1-23(2,22(27)29-16-13-25-11-14-28-15-12-25)30-20-9-5-18(6-10-20)21(26)17-3-7-19(24)8-4-17/h3-10H,11-16H2,1-2H3. The van der Waals surface area contributed by atoms with Gasteiger partial charge in [-0.25, -0.2) is 4.79 Å². The highest BCUT2D eigenvalue weighted by Crippen LogP contribution is 2.22. The predicted molar refractivity (Wildman–Crippen MR) is 114 cm³/mol. The molecule has 2 aromatic carbocycles. The summed E-state index contributed by atoms with van der Waals surface area (Å²) in [5, 5.41) is 0.578. The molecule has 0 amide bonds. The van der Waals surface area contributed by atoms with Gasteiger partial charge in [-0.1, -0.05) is 11.6 Å². The van der Waals surface area contributed by atoms with Crippen LogP contribution in [0.1, 0.15) is 29.8 Å². The van der Waals surface area contributed by atoms with Crippen LogP contribution in [0.2, 0.25) is 5.02 Å². The number of hydrogen-bond acceptors (Lipinski definition) is 6. The van der Waals surface area contributed by atoms with E-state index in [9.17, 15) is 9.59 Å². The molecule has 160 valence electrons. The molecule has 2 aromatic rings. The Bertz CT molecular complexity index is 858. The van der Waals surface area contributed by atoms with Crippen molar-refractivity contribution in [1.82, 2.24) is 4.90 Å². The minimum Gasteiger partial charge on any atom is -0.476 e. The molecule has 6 nitrogen and oxygen atoms in total. The van der Waals surface area contributed by atoms with E-state index >= 15 is 0 Å². The van der Waals surface area contributed by atoms with Gasteiger partial charge in [0.25, 0.3) is 0 Å². The first kappa shape index (κ1) is 22.3. The maximum absolute atomic E-state index is 12.5. The van der Waals surface area contributed by atoms with Crippen molar-refractivity contribution < 1.29 is 23.8 Å². The lowest BCUT2D eigenvalue weighted by Gasteiger charge is -2.28. The molecule has 30 heavy (non-hydrogen) atoms. The van der Waals surface area contributed by atoms with Gasteiger partial charge in [0.15, 0.2) is 11.4 Å². The molecular formula is C23H26ClNO5. The van der Waals surface area contributed by atoms with Crippen LogP contribution in [0.4, 0.5) is 0 Å². The lowest BCUT2D eigenvalue weighted by atomic mass is 10.0. The van der Waals surface area contributed by atoms with Gasteiger partial charge < -0.3 is 14.2 Å². The second kappa shape index (κ2) is 10.1. The molecule has 0 radical (unpaired) electrons. The summed E-state index contributed by atoms with van der Waals surface area (Å²) >= 11 is 5.87. The summed E-state index contributed by atoms with van der Waals surface area (Å²) in [6, 6.07) is 13.4. The van der Waals surface area contributed by atoms with Crippen molar-refractivity contribution in [2.45, 2.75) is 19.4 Å². The molecular weight excluding hydrogens is 406 g/mol. The van der Waals surface area contributed by atoms with Gasteiger partial charge in [0.1, 0.15) is 12.4 Å². The monoisotopic (exact) mass is 431 g/mol. The van der Waals surface area contributed by atoms with Gasteiger partial charge in [0.05, 0.1) is 13.2 Å². The molecule has 0 aliphatic carbocycles. The Kier molecular flexibility index (Phi) is 7.48. The lowest BCUT2D eigenvalue weighted by molar-refractivity contribution is -0.159. The summed E-state index contributed by atoms with van der Waals surface area (Å²) in [5.41, 5.74) is -0.0694.